The molecule has 0 heterocycles. The van der Waals surface area contributed by atoms with E-state index in [0.717, 1.165) is 23.3 Å². The van der Waals surface area contributed by atoms with Crippen LogP contribution in [0.15, 0.2) is 12.1 Å². The SMILES string of the molecule is Cc1cc(C)c(C)c(OCC(=O)N[C@@H]2CCCC[C@H]2C)c1. The molecule has 0 aliphatic heterocycles. The van der Waals surface area contributed by atoms with Crippen molar-refractivity contribution < 1.29 is 9.53 Å². The van der Waals surface area contributed by atoms with Crippen molar-refractivity contribution in [1.29, 1.82) is 0 Å². The van der Waals surface area contributed by atoms with Gasteiger partial charge in [0.25, 0.3) is 5.91 Å². The summed E-state index contributed by atoms with van der Waals surface area (Å²) in [4.78, 5) is 12.1. The largest absolute Gasteiger partial charge is 0.483 e. The first-order chi connectivity index (χ1) is 9.97. The lowest BCUT2D eigenvalue weighted by Gasteiger charge is -2.29. The molecule has 2 rings (SSSR count). The van der Waals surface area contributed by atoms with Crippen molar-refractivity contribution in [2.75, 3.05) is 6.61 Å². The lowest BCUT2D eigenvalue weighted by molar-refractivity contribution is -0.124. The number of amides is 1. The standard InChI is InChI=1S/C18H27NO2/c1-12-9-14(3)15(4)17(10-12)21-11-18(20)19-16-8-6-5-7-13(16)2/h9-10,13,16H,5-8,11H2,1-4H3,(H,19,20)/t13-,16-/m1/s1. The average Bonchev–Trinajstić information content (AvgIpc) is 2.44. The second-order valence-electron chi connectivity index (χ2n) is 6.43. The van der Waals surface area contributed by atoms with E-state index < -0.39 is 0 Å². The molecule has 116 valence electrons. The molecule has 1 amide bonds. The number of nitrogens with one attached hydrogen (secondary N) is 1. The monoisotopic (exact) mass is 289 g/mol. The van der Waals surface area contributed by atoms with Crippen LogP contribution in [0.2, 0.25) is 0 Å². The predicted molar refractivity (Wildman–Crippen MR) is 85.7 cm³/mol. The lowest BCUT2D eigenvalue weighted by Crippen LogP contribution is -2.43. The van der Waals surface area contributed by atoms with Crippen molar-refractivity contribution in [2.45, 2.75) is 59.4 Å². The lowest BCUT2D eigenvalue weighted by atomic mass is 9.86. The molecule has 3 heteroatoms. The van der Waals surface area contributed by atoms with Gasteiger partial charge >= 0.3 is 0 Å². The summed E-state index contributed by atoms with van der Waals surface area (Å²) in [5.74, 6) is 1.39. The van der Waals surface area contributed by atoms with Gasteiger partial charge in [0.15, 0.2) is 6.61 Å². The van der Waals surface area contributed by atoms with Crippen LogP contribution in [-0.4, -0.2) is 18.6 Å². The van der Waals surface area contributed by atoms with E-state index in [-0.39, 0.29) is 12.5 Å². The Morgan fingerprint density at radius 1 is 1.24 bits per heavy atom. The van der Waals surface area contributed by atoms with E-state index in [9.17, 15) is 4.79 Å². The molecule has 0 radical (unpaired) electrons. The number of carbonyl (C=O) groups is 1. The Bertz CT molecular complexity index is 510. The average molecular weight is 289 g/mol. The first-order valence-corrected chi connectivity index (χ1v) is 7.97. The summed E-state index contributed by atoms with van der Waals surface area (Å²) >= 11 is 0. The number of benzene rings is 1. The summed E-state index contributed by atoms with van der Waals surface area (Å²) in [5, 5.41) is 3.12. The normalized spacial score (nSPS) is 21.9. The van der Waals surface area contributed by atoms with Crippen LogP contribution in [0.1, 0.15) is 49.3 Å². The van der Waals surface area contributed by atoms with Crippen molar-refractivity contribution >= 4 is 5.91 Å². The molecule has 3 nitrogen and oxygen atoms in total. The molecule has 0 unspecified atom stereocenters. The van der Waals surface area contributed by atoms with Crippen LogP contribution in [-0.2, 0) is 4.79 Å². The molecular formula is C18H27NO2. The Morgan fingerprint density at radius 3 is 2.67 bits per heavy atom. The number of aryl methyl sites for hydroxylation is 2. The molecule has 0 aromatic heterocycles. The van der Waals surface area contributed by atoms with Crippen molar-refractivity contribution in [3.63, 3.8) is 0 Å². The Balaban J connectivity index is 1.89. The minimum atomic E-state index is -0.00712. The van der Waals surface area contributed by atoms with Crippen molar-refractivity contribution in [3.05, 3.63) is 28.8 Å². The highest BCUT2D eigenvalue weighted by molar-refractivity contribution is 5.78. The fourth-order valence-electron chi connectivity index (χ4n) is 3.07. The zero-order chi connectivity index (χ0) is 15.4. The van der Waals surface area contributed by atoms with Gasteiger partial charge in [-0.3, -0.25) is 4.79 Å². The van der Waals surface area contributed by atoms with E-state index in [1.54, 1.807) is 0 Å². The van der Waals surface area contributed by atoms with Gasteiger partial charge in [-0.2, -0.15) is 0 Å². The first-order valence-electron chi connectivity index (χ1n) is 7.97. The summed E-state index contributed by atoms with van der Waals surface area (Å²) in [7, 11) is 0. The van der Waals surface area contributed by atoms with Crippen LogP contribution < -0.4 is 10.1 Å². The van der Waals surface area contributed by atoms with Crippen molar-refractivity contribution in [3.8, 4) is 5.75 Å². The van der Waals surface area contributed by atoms with Crippen LogP contribution >= 0.6 is 0 Å². The zero-order valence-electron chi connectivity index (χ0n) is 13.7. The summed E-state index contributed by atoms with van der Waals surface area (Å²) in [5.41, 5.74) is 3.47. The summed E-state index contributed by atoms with van der Waals surface area (Å²) in [6.45, 7) is 8.47. The topological polar surface area (TPSA) is 38.3 Å². The van der Waals surface area contributed by atoms with Crippen LogP contribution in [0.25, 0.3) is 0 Å². The van der Waals surface area contributed by atoms with Crippen LogP contribution in [0, 0.1) is 26.7 Å². The highest BCUT2D eigenvalue weighted by Gasteiger charge is 2.22. The van der Waals surface area contributed by atoms with Crippen molar-refractivity contribution in [2.24, 2.45) is 5.92 Å². The molecular weight excluding hydrogens is 262 g/mol. The second-order valence-corrected chi connectivity index (χ2v) is 6.43. The van der Waals surface area contributed by atoms with E-state index in [1.807, 2.05) is 19.9 Å². The fourth-order valence-corrected chi connectivity index (χ4v) is 3.07. The van der Waals surface area contributed by atoms with E-state index in [4.69, 9.17) is 4.74 Å². The maximum absolute atomic E-state index is 12.1. The zero-order valence-corrected chi connectivity index (χ0v) is 13.7. The van der Waals surface area contributed by atoms with Crippen LogP contribution in [0.3, 0.4) is 0 Å². The van der Waals surface area contributed by atoms with Gasteiger partial charge < -0.3 is 10.1 Å². The number of hydrogen-bond acceptors (Lipinski definition) is 2. The Hall–Kier alpha value is -1.51. The van der Waals surface area contributed by atoms with Gasteiger partial charge in [-0.05, 0) is 62.3 Å². The first kappa shape index (κ1) is 15.9. The maximum atomic E-state index is 12.1. The maximum Gasteiger partial charge on any atom is 0.258 e. The molecule has 0 spiro atoms. The molecule has 1 fully saturated rings. The number of hydrogen-bond donors (Lipinski definition) is 1. The summed E-state index contributed by atoms with van der Waals surface area (Å²) < 4.78 is 5.72. The molecule has 2 atom stereocenters. The number of ether oxygens (including phenoxy) is 1. The molecule has 1 aromatic carbocycles. The highest BCUT2D eigenvalue weighted by atomic mass is 16.5. The van der Waals surface area contributed by atoms with Gasteiger partial charge in [-0.1, -0.05) is 25.8 Å². The smallest absolute Gasteiger partial charge is 0.258 e. The van der Waals surface area contributed by atoms with Gasteiger partial charge in [0, 0.05) is 6.04 Å². The molecule has 21 heavy (non-hydrogen) atoms. The van der Waals surface area contributed by atoms with E-state index >= 15 is 0 Å². The van der Waals surface area contributed by atoms with Gasteiger partial charge in [-0.25, -0.2) is 0 Å². The van der Waals surface area contributed by atoms with Crippen LogP contribution in [0.5, 0.6) is 5.75 Å². The molecule has 1 saturated carbocycles. The van der Waals surface area contributed by atoms with E-state index in [2.05, 4.69) is 25.2 Å². The number of carbonyl (C=O) groups excluding carboxylic acids is 1. The molecule has 1 aliphatic carbocycles. The van der Waals surface area contributed by atoms with Crippen molar-refractivity contribution in [1.82, 2.24) is 5.32 Å². The second kappa shape index (κ2) is 6.97. The molecule has 1 N–H and O–H groups in total. The molecule has 1 aromatic rings. The Labute approximate surface area is 128 Å². The quantitative estimate of drug-likeness (QED) is 0.918. The van der Waals surface area contributed by atoms with Crippen LogP contribution in [0.4, 0.5) is 0 Å². The predicted octanol–water partition coefficient (Wildman–Crippen LogP) is 3.69. The molecule has 0 bridgehead atoms. The highest BCUT2D eigenvalue weighted by Crippen LogP contribution is 2.24. The summed E-state index contributed by atoms with van der Waals surface area (Å²) in [6, 6.07) is 4.44. The third-order valence-electron chi connectivity index (χ3n) is 4.58. The molecule has 1 aliphatic rings. The molecule has 0 saturated heterocycles. The third-order valence-corrected chi connectivity index (χ3v) is 4.58. The van der Waals surface area contributed by atoms with E-state index in [1.165, 1.54) is 24.8 Å². The van der Waals surface area contributed by atoms with Gasteiger partial charge in [0.05, 0.1) is 0 Å². The number of rotatable bonds is 4. The van der Waals surface area contributed by atoms with Gasteiger partial charge in [0.2, 0.25) is 0 Å². The fraction of sp³-hybridized carbons (Fsp3) is 0.611. The minimum absolute atomic E-state index is 0.00712. The Kier molecular flexibility index (Phi) is 5.27. The van der Waals surface area contributed by atoms with Gasteiger partial charge in [-0.15, -0.1) is 0 Å². The van der Waals surface area contributed by atoms with E-state index in [0.29, 0.717) is 12.0 Å². The minimum Gasteiger partial charge on any atom is -0.483 e. The van der Waals surface area contributed by atoms with Gasteiger partial charge in [0.1, 0.15) is 5.75 Å². The Morgan fingerprint density at radius 2 is 1.95 bits per heavy atom. The summed E-state index contributed by atoms with van der Waals surface area (Å²) in [6.07, 6.45) is 4.80. The third kappa shape index (κ3) is 4.23.